The number of rotatable bonds is 7. The summed E-state index contributed by atoms with van der Waals surface area (Å²) < 4.78 is 29.6. The third kappa shape index (κ3) is 7.11. The molecule has 0 saturated carbocycles. The molecule has 18 heavy (non-hydrogen) atoms. The van der Waals surface area contributed by atoms with Crippen molar-refractivity contribution in [3.63, 3.8) is 0 Å². The zero-order valence-electron chi connectivity index (χ0n) is 12.1. The van der Waals surface area contributed by atoms with Crippen LogP contribution in [0, 0.1) is 10.8 Å². The summed E-state index contributed by atoms with van der Waals surface area (Å²) in [5, 5.41) is 0. The Morgan fingerprint density at radius 1 is 1.06 bits per heavy atom. The Balaban J connectivity index is 4.06. The zero-order chi connectivity index (χ0) is 14.6. The molecule has 0 spiro atoms. The summed E-state index contributed by atoms with van der Waals surface area (Å²) in [6.45, 7) is 10.7. The van der Waals surface area contributed by atoms with Gasteiger partial charge in [0.2, 0.25) is 0 Å². The molecule has 0 amide bonds. The molecule has 0 aromatic carbocycles. The highest BCUT2D eigenvalue weighted by Gasteiger charge is 2.32. The summed E-state index contributed by atoms with van der Waals surface area (Å²) >= 11 is 0. The Labute approximate surface area is 111 Å². The third-order valence-corrected chi connectivity index (χ3v) is 4.72. The lowest BCUT2D eigenvalue weighted by molar-refractivity contribution is -0.119. The van der Waals surface area contributed by atoms with Crippen LogP contribution >= 0.6 is 0 Å². The quantitative estimate of drug-likeness (QED) is 0.726. The first-order valence-electron chi connectivity index (χ1n) is 6.32. The van der Waals surface area contributed by atoms with Crippen LogP contribution in [0.25, 0.3) is 0 Å². The molecule has 0 saturated heterocycles. The van der Waals surface area contributed by atoms with Gasteiger partial charge in [-0.05, 0) is 23.7 Å². The molecule has 0 rings (SSSR count). The summed E-state index contributed by atoms with van der Waals surface area (Å²) in [5.41, 5.74) is 0.188. The number of hydrogen-bond donors (Lipinski definition) is 1. The van der Waals surface area contributed by atoms with Crippen molar-refractivity contribution in [3.8, 4) is 0 Å². The summed E-state index contributed by atoms with van der Waals surface area (Å²) in [7, 11) is -3.94. The lowest BCUT2D eigenvalue weighted by Gasteiger charge is -2.39. The molecule has 0 radical (unpaired) electrons. The standard InChI is InChI=1S/C13H26O4S/c1-12(2,3)13(4,5)9-8-11(14)7-6-10-18(15,16)17/h6-10H2,1-5H3,(H,15,16,17). The van der Waals surface area contributed by atoms with Gasteiger partial charge in [0.15, 0.2) is 0 Å². The van der Waals surface area contributed by atoms with Crippen molar-refractivity contribution in [2.45, 2.75) is 60.3 Å². The predicted octanol–water partition coefficient (Wildman–Crippen LogP) is 3.08. The van der Waals surface area contributed by atoms with Gasteiger partial charge < -0.3 is 0 Å². The van der Waals surface area contributed by atoms with Gasteiger partial charge in [0, 0.05) is 12.8 Å². The van der Waals surface area contributed by atoms with Gasteiger partial charge in [-0.2, -0.15) is 8.42 Å². The van der Waals surface area contributed by atoms with E-state index in [2.05, 4.69) is 34.6 Å². The van der Waals surface area contributed by atoms with Gasteiger partial charge in [-0.3, -0.25) is 9.35 Å². The minimum absolute atomic E-state index is 0.0612. The number of Topliss-reactive ketones (excluding diaryl/α,β-unsaturated/α-hetero) is 1. The maximum Gasteiger partial charge on any atom is 0.264 e. The van der Waals surface area contributed by atoms with Crippen LogP contribution in [-0.4, -0.2) is 24.5 Å². The number of carbonyl (C=O) groups is 1. The van der Waals surface area contributed by atoms with Gasteiger partial charge >= 0.3 is 0 Å². The molecule has 0 aromatic rings. The number of carbonyl (C=O) groups excluding carboxylic acids is 1. The van der Waals surface area contributed by atoms with Crippen LogP contribution in [0.15, 0.2) is 0 Å². The second-order valence-electron chi connectivity index (χ2n) is 6.56. The maximum absolute atomic E-state index is 11.6. The number of ketones is 1. The van der Waals surface area contributed by atoms with Gasteiger partial charge in [-0.1, -0.05) is 34.6 Å². The van der Waals surface area contributed by atoms with Crippen molar-refractivity contribution in [1.82, 2.24) is 0 Å². The summed E-state index contributed by atoms with van der Waals surface area (Å²) in [6, 6.07) is 0. The van der Waals surface area contributed by atoms with Crippen LogP contribution in [-0.2, 0) is 14.9 Å². The minimum Gasteiger partial charge on any atom is -0.300 e. The molecule has 5 heteroatoms. The highest BCUT2D eigenvalue weighted by molar-refractivity contribution is 7.85. The highest BCUT2D eigenvalue weighted by atomic mass is 32.2. The van der Waals surface area contributed by atoms with E-state index in [-0.39, 0.29) is 35.2 Å². The summed E-state index contributed by atoms with van der Waals surface area (Å²) in [5.74, 6) is -0.266. The highest BCUT2D eigenvalue weighted by Crippen LogP contribution is 2.41. The van der Waals surface area contributed by atoms with E-state index >= 15 is 0 Å². The van der Waals surface area contributed by atoms with Crippen molar-refractivity contribution in [2.75, 3.05) is 5.75 Å². The molecule has 0 aliphatic rings. The molecule has 0 unspecified atom stereocenters. The first-order valence-corrected chi connectivity index (χ1v) is 7.93. The fourth-order valence-corrected chi connectivity index (χ4v) is 1.91. The lowest BCUT2D eigenvalue weighted by Crippen LogP contribution is -2.30. The summed E-state index contributed by atoms with van der Waals surface area (Å²) in [6.07, 6.45) is 1.69. The van der Waals surface area contributed by atoms with Gasteiger partial charge in [-0.15, -0.1) is 0 Å². The number of hydrogen-bond acceptors (Lipinski definition) is 3. The van der Waals surface area contributed by atoms with Crippen molar-refractivity contribution < 1.29 is 17.8 Å². The van der Waals surface area contributed by atoms with E-state index in [0.29, 0.717) is 6.42 Å². The third-order valence-electron chi connectivity index (χ3n) is 3.92. The average molecular weight is 278 g/mol. The van der Waals surface area contributed by atoms with Crippen molar-refractivity contribution in [1.29, 1.82) is 0 Å². The Hall–Kier alpha value is -0.420. The van der Waals surface area contributed by atoms with Gasteiger partial charge in [-0.25, -0.2) is 0 Å². The Kier molecular flexibility index (Phi) is 6.01. The normalized spacial score (nSPS) is 13.7. The Morgan fingerprint density at radius 3 is 1.94 bits per heavy atom. The molecule has 4 nitrogen and oxygen atoms in total. The van der Waals surface area contributed by atoms with Crippen LogP contribution in [0.3, 0.4) is 0 Å². The molecular formula is C13H26O4S. The van der Waals surface area contributed by atoms with Gasteiger partial charge in [0.05, 0.1) is 5.75 Å². The van der Waals surface area contributed by atoms with Gasteiger partial charge in [0.25, 0.3) is 10.1 Å². The van der Waals surface area contributed by atoms with Crippen molar-refractivity contribution in [2.24, 2.45) is 10.8 Å². The molecule has 1 N–H and O–H groups in total. The maximum atomic E-state index is 11.6. The van der Waals surface area contributed by atoms with E-state index in [0.717, 1.165) is 6.42 Å². The van der Waals surface area contributed by atoms with E-state index in [1.807, 2.05) is 0 Å². The Bertz CT molecular complexity index is 374. The zero-order valence-corrected chi connectivity index (χ0v) is 12.9. The molecule has 0 atom stereocenters. The topological polar surface area (TPSA) is 71.4 Å². The first kappa shape index (κ1) is 17.6. The van der Waals surface area contributed by atoms with Crippen molar-refractivity contribution in [3.05, 3.63) is 0 Å². The van der Waals surface area contributed by atoms with E-state index < -0.39 is 10.1 Å². The molecule has 0 aliphatic carbocycles. The lowest BCUT2D eigenvalue weighted by atomic mass is 9.66. The van der Waals surface area contributed by atoms with E-state index in [9.17, 15) is 13.2 Å². The molecule has 0 fully saturated rings. The smallest absolute Gasteiger partial charge is 0.264 e. The monoisotopic (exact) mass is 278 g/mol. The van der Waals surface area contributed by atoms with E-state index in [4.69, 9.17) is 4.55 Å². The van der Waals surface area contributed by atoms with Crippen LogP contribution < -0.4 is 0 Å². The fraction of sp³-hybridized carbons (Fsp3) is 0.923. The molecule has 108 valence electrons. The first-order chi connectivity index (χ1) is 7.85. The second-order valence-corrected chi connectivity index (χ2v) is 8.13. The SMILES string of the molecule is CC(C)(C)C(C)(C)CCC(=O)CCCS(=O)(=O)O. The van der Waals surface area contributed by atoms with Crippen LogP contribution in [0.4, 0.5) is 0 Å². The molecule has 0 aromatic heterocycles. The molecule has 0 heterocycles. The van der Waals surface area contributed by atoms with E-state index in [1.54, 1.807) is 0 Å². The van der Waals surface area contributed by atoms with Gasteiger partial charge in [0.1, 0.15) is 5.78 Å². The Morgan fingerprint density at radius 2 is 1.56 bits per heavy atom. The molecule has 0 aliphatic heterocycles. The predicted molar refractivity (Wildman–Crippen MR) is 73.1 cm³/mol. The fourth-order valence-electron chi connectivity index (χ4n) is 1.40. The average Bonchev–Trinajstić information content (AvgIpc) is 2.11. The molecule has 0 bridgehead atoms. The summed E-state index contributed by atoms with van der Waals surface area (Å²) in [4.78, 5) is 11.6. The van der Waals surface area contributed by atoms with E-state index in [1.165, 1.54) is 0 Å². The van der Waals surface area contributed by atoms with Crippen LogP contribution in [0.2, 0.25) is 0 Å². The minimum atomic E-state index is -3.94. The second kappa shape index (κ2) is 6.15. The van der Waals surface area contributed by atoms with Crippen LogP contribution in [0.1, 0.15) is 60.3 Å². The largest absolute Gasteiger partial charge is 0.300 e. The van der Waals surface area contributed by atoms with Crippen LogP contribution in [0.5, 0.6) is 0 Å². The van der Waals surface area contributed by atoms with Crippen molar-refractivity contribution >= 4 is 15.9 Å². The molecular weight excluding hydrogens is 252 g/mol.